The molecule has 1 heterocycles. The number of rotatable bonds is 4. The zero-order chi connectivity index (χ0) is 21.4. The van der Waals surface area contributed by atoms with Crippen LogP contribution in [-0.4, -0.2) is 11.7 Å². The summed E-state index contributed by atoms with van der Waals surface area (Å²) >= 11 is 6.17. The number of carbonyl (C=O) groups is 2. The number of Topliss-reactive ketones (excluding diaryl/α,β-unsaturated/α-hetero) is 1. The third-order valence-corrected chi connectivity index (χ3v) is 5.99. The van der Waals surface area contributed by atoms with Gasteiger partial charge in [0.05, 0.1) is 11.3 Å². The number of ketones is 1. The monoisotopic (exact) mass is 423 g/mol. The topological polar surface area (TPSA) is 37.4 Å². The molecular weight excluding hydrogens is 406 g/mol. The standard InChI is InChI=1S/C27H18ClNO2/c28-22-16-17-24-23(18-22)25(30)26(31)29(24)27(19-10-4-1-5-11-19,20-12-6-2-7-13-20)21-14-8-3-9-15-21/h1-18H. The number of hydrogen-bond donors (Lipinski definition) is 0. The van der Waals surface area contributed by atoms with Crippen molar-refractivity contribution in [3.8, 4) is 0 Å². The molecular formula is C27H18ClNO2. The summed E-state index contributed by atoms with van der Waals surface area (Å²) in [6, 6.07) is 34.5. The van der Waals surface area contributed by atoms with Gasteiger partial charge in [-0.05, 0) is 34.9 Å². The number of amides is 1. The van der Waals surface area contributed by atoms with Crippen LogP contribution in [0.1, 0.15) is 27.0 Å². The fraction of sp³-hybridized carbons (Fsp3) is 0.0370. The van der Waals surface area contributed by atoms with E-state index in [0.717, 1.165) is 16.7 Å². The van der Waals surface area contributed by atoms with Crippen molar-refractivity contribution in [1.29, 1.82) is 0 Å². The predicted molar refractivity (Wildman–Crippen MR) is 122 cm³/mol. The SMILES string of the molecule is O=C1C(=O)N(C(c2ccccc2)(c2ccccc2)c2ccccc2)c2ccc(Cl)cc21. The van der Waals surface area contributed by atoms with Crippen molar-refractivity contribution < 1.29 is 9.59 Å². The van der Waals surface area contributed by atoms with Crippen LogP contribution in [-0.2, 0) is 10.3 Å². The minimum Gasteiger partial charge on any atom is -0.286 e. The molecule has 1 aliphatic rings. The second-order valence-corrected chi connectivity index (χ2v) is 7.88. The first-order valence-electron chi connectivity index (χ1n) is 9.99. The molecule has 4 aromatic carbocycles. The Labute approximate surface area is 185 Å². The Morgan fingerprint density at radius 2 is 1.06 bits per heavy atom. The van der Waals surface area contributed by atoms with Gasteiger partial charge in [-0.1, -0.05) is 103 Å². The highest BCUT2D eigenvalue weighted by Gasteiger charge is 2.51. The first-order chi connectivity index (χ1) is 15.1. The summed E-state index contributed by atoms with van der Waals surface area (Å²) in [6.45, 7) is 0. The van der Waals surface area contributed by atoms with Gasteiger partial charge in [-0.2, -0.15) is 0 Å². The second-order valence-electron chi connectivity index (χ2n) is 7.44. The molecule has 4 aromatic rings. The lowest BCUT2D eigenvalue weighted by atomic mass is 9.75. The second kappa shape index (κ2) is 7.53. The molecule has 0 saturated heterocycles. The molecule has 0 radical (unpaired) electrons. The number of carbonyl (C=O) groups excluding carboxylic acids is 2. The predicted octanol–water partition coefficient (Wildman–Crippen LogP) is 5.86. The zero-order valence-electron chi connectivity index (χ0n) is 16.5. The Kier molecular flexibility index (Phi) is 4.68. The van der Waals surface area contributed by atoms with E-state index in [0.29, 0.717) is 16.3 Å². The van der Waals surface area contributed by atoms with E-state index >= 15 is 0 Å². The summed E-state index contributed by atoms with van der Waals surface area (Å²) < 4.78 is 0. The van der Waals surface area contributed by atoms with Crippen molar-refractivity contribution in [3.63, 3.8) is 0 Å². The van der Waals surface area contributed by atoms with Crippen LogP contribution in [0.3, 0.4) is 0 Å². The maximum absolute atomic E-state index is 13.6. The van der Waals surface area contributed by atoms with Gasteiger partial charge in [0.25, 0.3) is 5.78 Å². The van der Waals surface area contributed by atoms with Crippen LogP contribution in [0.4, 0.5) is 5.69 Å². The van der Waals surface area contributed by atoms with Crippen molar-refractivity contribution in [2.75, 3.05) is 4.90 Å². The quantitative estimate of drug-likeness (QED) is 0.304. The number of halogens is 1. The molecule has 0 unspecified atom stereocenters. The van der Waals surface area contributed by atoms with Crippen LogP contribution in [0.25, 0.3) is 0 Å². The van der Waals surface area contributed by atoms with Crippen LogP contribution in [0.15, 0.2) is 109 Å². The number of nitrogens with zero attached hydrogens (tertiary/aromatic N) is 1. The van der Waals surface area contributed by atoms with Crippen molar-refractivity contribution in [2.24, 2.45) is 0 Å². The Morgan fingerprint density at radius 1 is 0.613 bits per heavy atom. The van der Waals surface area contributed by atoms with E-state index < -0.39 is 17.2 Å². The minimum atomic E-state index is -1.03. The third-order valence-electron chi connectivity index (χ3n) is 5.75. The molecule has 4 heteroatoms. The fourth-order valence-corrected chi connectivity index (χ4v) is 4.64. The van der Waals surface area contributed by atoms with E-state index in [9.17, 15) is 9.59 Å². The maximum Gasteiger partial charge on any atom is 0.300 e. The highest BCUT2D eigenvalue weighted by Crippen LogP contribution is 2.48. The van der Waals surface area contributed by atoms with E-state index in [-0.39, 0.29) is 0 Å². The van der Waals surface area contributed by atoms with E-state index in [1.807, 2.05) is 91.0 Å². The molecule has 0 aliphatic carbocycles. The first kappa shape index (κ1) is 19.3. The first-order valence-corrected chi connectivity index (χ1v) is 10.4. The summed E-state index contributed by atoms with van der Waals surface area (Å²) in [7, 11) is 0. The van der Waals surface area contributed by atoms with Gasteiger partial charge in [0.2, 0.25) is 0 Å². The summed E-state index contributed by atoms with van der Waals surface area (Å²) in [5.41, 5.74) is 2.50. The van der Waals surface area contributed by atoms with E-state index in [4.69, 9.17) is 11.6 Å². The summed E-state index contributed by atoms with van der Waals surface area (Å²) in [5, 5.41) is 0.423. The van der Waals surface area contributed by atoms with Gasteiger partial charge in [-0.15, -0.1) is 0 Å². The summed E-state index contributed by atoms with van der Waals surface area (Å²) in [6.07, 6.45) is 0. The summed E-state index contributed by atoms with van der Waals surface area (Å²) in [5.74, 6) is -1.13. The molecule has 0 spiro atoms. The molecule has 0 saturated carbocycles. The van der Waals surface area contributed by atoms with Gasteiger partial charge in [-0.25, -0.2) is 0 Å². The number of hydrogen-bond acceptors (Lipinski definition) is 2. The van der Waals surface area contributed by atoms with Crippen LogP contribution in [0.2, 0.25) is 5.02 Å². The molecule has 1 amide bonds. The van der Waals surface area contributed by atoms with Gasteiger partial charge in [-0.3, -0.25) is 14.5 Å². The number of benzene rings is 4. The molecule has 0 fully saturated rings. The molecule has 0 atom stereocenters. The molecule has 31 heavy (non-hydrogen) atoms. The molecule has 5 rings (SSSR count). The third kappa shape index (κ3) is 2.89. The average molecular weight is 424 g/mol. The van der Waals surface area contributed by atoms with E-state index in [1.165, 1.54) is 0 Å². The Hall–Kier alpha value is -3.69. The molecule has 0 N–H and O–H groups in total. The van der Waals surface area contributed by atoms with E-state index in [1.54, 1.807) is 23.1 Å². The smallest absolute Gasteiger partial charge is 0.286 e. The van der Waals surface area contributed by atoms with Gasteiger partial charge in [0.1, 0.15) is 5.54 Å². The minimum absolute atomic E-state index is 0.324. The molecule has 1 aliphatic heterocycles. The number of anilines is 1. The molecule has 3 nitrogen and oxygen atoms in total. The van der Waals surface area contributed by atoms with Crippen LogP contribution in [0, 0.1) is 0 Å². The molecule has 0 aromatic heterocycles. The lowest BCUT2D eigenvalue weighted by molar-refractivity contribution is -0.115. The lowest BCUT2D eigenvalue weighted by Crippen LogP contribution is -2.51. The van der Waals surface area contributed by atoms with Crippen LogP contribution < -0.4 is 4.90 Å². The normalized spacial score (nSPS) is 13.4. The Morgan fingerprint density at radius 3 is 1.52 bits per heavy atom. The lowest BCUT2D eigenvalue weighted by Gasteiger charge is -2.43. The van der Waals surface area contributed by atoms with Gasteiger partial charge < -0.3 is 0 Å². The van der Waals surface area contributed by atoms with Gasteiger partial charge in [0, 0.05) is 5.02 Å². The van der Waals surface area contributed by atoms with Crippen molar-refractivity contribution in [1.82, 2.24) is 0 Å². The van der Waals surface area contributed by atoms with Crippen molar-refractivity contribution in [3.05, 3.63) is 136 Å². The van der Waals surface area contributed by atoms with Gasteiger partial charge >= 0.3 is 5.91 Å². The Balaban J connectivity index is 1.93. The maximum atomic E-state index is 13.6. The van der Waals surface area contributed by atoms with Gasteiger partial charge in [0.15, 0.2) is 0 Å². The van der Waals surface area contributed by atoms with Crippen LogP contribution >= 0.6 is 11.6 Å². The van der Waals surface area contributed by atoms with Crippen LogP contribution in [0.5, 0.6) is 0 Å². The Bertz CT molecular complexity index is 1170. The molecule has 0 bridgehead atoms. The average Bonchev–Trinajstić information content (AvgIpc) is 3.07. The van der Waals surface area contributed by atoms with E-state index in [2.05, 4.69) is 0 Å². The highest BCUT2D eigenvalue weighted by molar-refractivity contribution is 6.53. The zero-order valence-corrected chi connectivity index (χ0v) is 17.3. The highest BCUT2D eigenvalue weighted by atomic mass is 35.5. The largest absolute Gasteiger partial charge is 0.300 e. The van der Waals surface area contributed by atoms with Crippen molar-refractivity contribution in [2.45, 2.75) is 5.54 Å². The summed E-state index contributed by atoms with van der Waals surface area (Å²) in [4.78, 5) is 28.2. The fourth-order valence-electron chi connectivity index (χ4n) is 4.47. The van der Waals surface area contributed by atoms with Crippen molar-refractivity contribution >= 4 is 29.0 Å². The number of fused-ring (bicyclic) bond motifs is 1. The molecule has 150 valence electrons.